The molecule has 1 saturated heterocycles. The number of aromatic nitrogens is 4. The van der Waals surface area contributed by atoms with Gasteiger partial charge in [0, 0.05) is 31.2 Å². The quantitative estimate of drug-likeness (QED) is 0.599. The predicted molar refractivity (Wildman–Crippen MR) is 118 cm³/mol. The average molecular weight is 442 g/mol. The van der Waals surface area contributed by atoms with Crippen LogP contribution in [0.1, 0.15) is 12.8 Å². The summed E-state index contributed by atoms with van der Waals surface area (Å²) in [6.45, 7) is 1.33. The van der Waals surface area contributed by atoms with Gasteiger partial charge in [0.05, 0.1) is 17.9 Å². The van der Waals surface area contributed by atoms with E-state index in [1.54, 1.807) is 41.3 Å². The normalized spacial score (nSPS) is 16.7. The van der Waals surface area contributed by atoms with E-state index in [2.05, 4.69) is 30.2 Å². The largest absolute Gasteiger partial charge is 0.354 e. The molecule has 0 saturated carbocycles. The summed E-state index contributed by atoms with van der Waals surface area (Å²) in [6.07, 6.45) is 6.18. The number of amides is 1. The van der Waals surface area contributed by atoms with Gasteiger partial charge in [0.1, 0.15) is 0 Å². The van der Waals surface area contributed by atoms with E-state index in [1.807, 2.05) is 18.2 Å². The molecule has 1 aliphatic rings. The molecule has 2 aromatic heterocycles. The summed E-state index contributed by atoms with van der Waals surface area (Å²) in [7, 11) is -3.39. The van der Waals surface area contributed by atoms with Gasteiger partial charge < -0.3 is 10.2 Å². The van der Waals surface area contributed by atoms with Gasteiger partial charge in [-0.3, -0.25) is 9.52 Å². The maximum Gasteiger partial charge on any atom is 0.229 e. The van der Waals surface area contributed by atoms with Crippen molar-refractivity contribution in [3.8, 4) is 5.82 Å². The lowest BCUT2D eigenvalue weighted by Gasteiger charge is -2.32. The summed E-state index contributed by atoms with van der Waals surface area (Å²) in [5.41, 5.74) is 0.942. The van der Waals surface area contributed by atoms with E-state index < -0.39 is 10.0 Å². The Morgan fingerprint density at radius 3 is 2.58 bits per heavy atom. The smallest absolute Gasteiger partial charge is 0.229 e. The number of carbonyl (C=O) groups excluding carboxylic acids is 1. The first-order valence-corrected chi connectivity index (χ1v) is 11.7. The lowest BCUT2D eigenvalue weighted by molar-refractivity contribution is -0.120. The van der Waals surface area contributed by atoms with Crippen LogP contribution >= 0.6 is 0 Å². The molecule has 11 heteroatoms. The molecule has 31 heavy (non-hydrogen) atoms. The Labute approximate surface area is 180 Å². The molecule has 1 aromatic carbocycles. The number of carbonyl (C=O) groups is 1. The van der Waals surface area contributed by atoms with Gasteiger partial charge in [0.15, 0.2) is 11.6 Å². The van der Waals surface area contributed by atoms with Gasteiger partial charge in [0.25, 0.3) is 0 Å². The van der Waals surface area contributed by atoms with Crippen molar-refractivity contribution in [3.05, 3.63) is 54.9 Å². The molecule has 3 heterocycles. The van der Waals surface area contributed by atoms with Crippen LogP contribution in [-0.2, 0) is 14.8 Å². The number of nitrogens with one attached hydrogen (secondary N) is 2. The first kappa shape index (κ1) is 20.8. The third kappa shape index (κ3) is 5.37. The fourth-order valence-electron chi connectivity index (χ4n) is 3.53. The number of hydrogen-bond acceptors (Lipinski definition) is 7. The van der Waals surface area contributed by atoms with Crippen LogP contribution in [0.25, 0.3) is 5.82 Å². The second kappa shape index (κ2) is 8.72. The highest BCUT2D eigenvalue weighted by molar-refractivity contribution is 7.92. The average Bonchev–Trinajstić information content (AvgIpc) is 3.28. The molecule has 1 fully saturated rings. The van der Waals surface area contributed by atoms with Crippen molar-refractivity contribution in [2.75, 3.05) is 34.3 Å². The van der Waals surface area contributed by atoms with E-state index in [9.17, 15) is 13.2 Å². The Morgan fingerprint density at radius 2 is 1.87 bits per heavy atom. The van der Waals surface area contributed by atoms with E-state index in [0.717, 1.165) is 25.6 Å². The molecule has 162 valence electrons. The topological polar surface area (TPSA) is 122 Å². The minimum Gasteiger partial charge on any atom is -0.354 e. The van der Waals surface area contributed by atoms with Gasteiger partial charge >= 0.3 is 0 Å². The molecule has 0 aliphatic carbocycles. The molecule has 0 spiro atoms. The highest BCUT2D eigenvalue weighted by Crippen LogP contribution is 2.24. The molecule has 1 amide bonds. The molecule has 1 atom stereocenters. The second-order valence-electron chi connectivity index (χ2n) is 7.43. The van der Waals surface area contributed by atoms with E-state index in [-0.39, 0.29) is 11.8 Å². The number of rotatable bonds is 6. The molecule has 1 unspecified atom stereocenters. The maximum absolute atomic E-state index is 12.8. The fourth-order valence-corrected chi connectivity index (χ4v) is 4.09. The van der Waals surface area contributed by atoms with Gasteiger partial charge in [-0.05, 0) is 49.2 Å². The molecule has 2 N–H and O–H groups in total. The van der Waals surface area contributed by atoms with Crippen LogP contribution in [0.3, 0.4) is 0 Å². The number of anilines is 3. The van der Waals surface area contributed by atoms with Crippen molar-refractivity contribution < 1.29 is 13.2 Å². The minimum absolute atomic E-state index is 0.109. The molecule has 10 nitrogen and oxygen atoms in total. The van der Waals surface area contributed by atoms with Gasteiger partial charge in [-0.25, -0.2) is 13.1 Å². The lowest BCUT2D eigenvalue weighted by Crippen LogP contribution is -2.41. The number of hydrogen-bond donors (Lipinski definition) is 2. The summed E-state index contributed by atoms with van der Waals surface area (Å²) in [5.74, 6) is 1.02. The zero-order chi connectivity index (χ0) is 21.8. The highest BCUT2D eigenvalue weighted by atomic mass is 32.2. The van der Waals surface area contributed by atoms with E-state index >= 15 is 0 Å². The molecule has 4 rings (SSSR count). The Balaban J connectivity index is 1.40. The number of benzene rings is 1. The molecule has 3 aromatic rings. The van der Waals surface area contributed by atoms with E-state index in [4.69, 9.17) is 0 Å². The van der Waals surface area contributed by atoms with Crippen LogP contribution in [0.15, 0.2) is 54.9 Å². The van der Waals surface area contributed by atoms with Crippen molar-refractivity contribution >= 4 is 33.1 Å². The SMILES string of the molecule is CS(=O)(=O)Nc1cccc(NC(=O)C2CCCN(c3ccc(-n4cccn4)nn3)C2)c1. The summed E-state index contributed by atoms with van der Waals surface area (Å²) in [6, 6.07) is 12.2. The molecular formula is C20H23N7O3S. The van der Waals surface area contributed by atoms with Crippen LogP contribution in [0.5, 0.6) is 0 Å². The highest BCUT2D eigenvalue weighted by Gasteiger charge is 2.27. The van der Waals surface area contributed by atoms with Crippen molar-refractivity contribution in [2.24, 2.45) is 5.92 Å². The van der Waals surface area contributed by atoms with Crippen molar-refractivity contribution in [3.63, 3.8) is 0 Å². The number of piperidine rings is 1. The first-order chi connectivity index (χ1) is 14.9. The first-order valence-electron chi connectivity index (χ1n) is 9.85. The van der Waals surface area contributed by atoms with E-state index in [1.165, 1.54) is 0 Å². The number of sulfonamides is 1. The Kier molecular flexibility index (Phi) is 5.85. The predicted octanol–water partition coefficient (Wildman–Crippen LogP) is 1.89. The zero-order valence-electron chi connectivity index (χ0n) is 17.0. The lowest BCUT2D eigenvalue weighted by atomic mass is 9.97. The monoisotopic (exact) mass is 441 g/mol. The Morgan fingerprint density at radius 1 is 1.10 bits per heavy atom. The zero-order valence-corrected chi connectivity index (χ0v) is 17.8. The second-order valence-corrected chi connectivity index (χ2v) is 9.18. The van der Waals surface area contributed by atoms with Crippen LogP contribution in [0, 0.1) is 5.92 Å². The Bertz CT molecular complexity index is 1150. The molecule has 1 aliphatic heterocycles. The fraction of sp³-hybridized carbons (Fsp3) is 0.300. The van der Waals surface area contributed by atoms with Gasteiger partial charge in [0.2, 0.25) is 15.9 Å². The summed E-state index contributed by atoms with van der Waals surface area (Å²) in [4.78, 5) is 14.9. The standard InChI is InChI=1S/C20H23N7O3S/c1-31(29,30)25-17-7-2-6-16(13-17)22-20(28)15-5-3-11-26(14-15)18-8-9-19(24-23-18)27-12-4-10-21-27/h2,4,6-10,12-13,15,25H,3,5,11,14H2,1H3,(H,22,28). The van der Waals surface area contributed by atoms with Crippen LogP contribution in [0.2, 0.25) is 0 Å². The molecule has 0 radical (unpaired) electrons. The van der Waals surface area contributed by atoms with Gasteiger partial charge in [-0.15, -0.1) is 10.2 Å². The van der Waals surface area contributed by atoms with E-state index in [0.29, 0.717) is 29.6 Å². The van der Waals surface area contributed by atoms with Crippen molar-refractivity contribution in [1.29, 1.82) is 0 Å². The minimum atomic E-state index is -3.39. The summed E-state index contributed by atoms with van der Waals surface area (Å²) < 4.78 is 26.9. The van der Waals surface area contributed by atoms with Gasteiger partial charge in [-0.1, -0.05) is 6.07 Å². The third-order valence-corrected chi connectivity index (χ3v) is 5.53. The van der Waals surface area contributed by atoms with Gasteiger partial charge in [-0.2, -0.15) is 5.10 Å². The van der Waals surface area contributed by atoms with Crippen LogP contribution in [0.4, 0.5) is 17.2 Å². The maximum atomic E-state index is 12.8. The number of nitrogens with zero attached hydrogens (tertiary/aromatic N) is 5. The molecule has 0 bridgehead atoms. The third-order valence-electron chi connectivity index (χ3n) is 4.93. The van der Waals surface area contributed by atoms with Crippen LogP contribution < -0.4 is 14.9 Å². The van der Waals surface area contributed by atoms with Crippen molar-refractivity contribution in [1.82, 2.24) is 20.0 Å². The molecular weight excluding hydrogens is 418 g/mol. The van der Waals surface area contributed by atoms with Crippen molar-refractivity contribution in [2.45, 2.75) is 12.8 Å². The Hall–Kier alpha value is -3.47. The van der Waals surface area contributed by atoms with Crippen LogP contribution in [-0.4, -0.2) is 53.6 Å². The summed E-state index contributed by atoms with van der Waals surface area (Å²) in [5, 5.41) is 15.6. The summed E-state index contributed by atoms with van der Waals surface area (Å²) >= 11 is 0.